The maximum Gasteiger partial charge on any atom is 0.453 e. The van der Waals surface area contributed by atoms with Gasteiger partial charge in [-0.1, -0.05) is 18.2 Å². The molecule has 0 radical (unpaired) electrons. The van der Waals surface area contributed by atoms with Gasteiger partial charge in [0.05, 0.1) is 36.4 Å². The summed E-state index contributed by atoms with van der Waals surface area (Å²) in [4.78, 5) is 18.6. The second-order valence-corrected chi connectivity index (χ2v) is 8.59. The summed E-state index contributed by atoms with van der Waals surface area (Å²) in [6.45, 7) is 3.86. The van der Waals surface area contributed by atoms with E-state index in [0.29, 0.717) is 34.9 Å². The number of hydrogen-bond acceptors (Lipinski definition) is 7. The molecule has 0 spiro atoms. The molecule has 0 aliphatic carbocycles. The van der Waals surface area contributed by atoms with Gasteiger partial charge in [-0.25, -0.2) is 37.8 Å². The van der Waals surface area contributed by atoms with E-state index in [4.69, 9.17) is 0 Å². The van der Waals surface area contributed by atoms with Crippen molar-refractivity contribution in [3.05, 3.63) is 64.9 Å². The van der Waals surface area contributed by atoms with Gasteiger partial charge in [-0.3, -0.25) is 0 Å². The van der Waals surface area contributed by atoms with E-state index in [1.54, 1.807) is 24.8 Å². The first-order chi connectivity index (χ1) is 17.5. The Morgan fingerprint density at radius 3 is 2.54 bits per heavy atom. The highest BCUT2D eigenvalue weighted by Gasteiger charge is 2.38. The monoisotopic (exact) mass is 522 g/mol. The highest BCUT2D eigenvalue weighted by atomic mass is 19.4. The first-order valence-electron chi connectivity index (χ1n) is 11.2. The van der Waals surface area contributed by atoms with Gasteiger partial charge in [-0.2, -0.15) is 13.2 Å². The van der Waals surface area contributed by atoms with Gasteiger partial charge in [0, 0.05) is 17.5 Å². The zero-order valence-electron chi connectivity index (χ0n) is 19.6. The van der Waals surface area contributed by atoms with E-state index in [2.05, 4.69) is 30.4 Å². The van der Waals surface area contributed by atoms with E-state index in [1.165, 1.54) is 23.0 Å². The quantitative estimate of drug-likeness (QED) is 0.360. The average Bonchev–Trinajstić information content (AvgIpc) is 3.28. The van der Waals surface area contributed by atoms with Crippen LogP contribution in [-0.4, -0.2) is 36.3 Å². The molecule has 1 aliphatic rings. The van der Waals surface area contributed by atoms with Crippen LogP contribution < -0.4 is 10.2 Å². The Morgan fingerprint density at radius 1 is 1.05 bits per heavy atom. The van der Waals surface area contributed by atoms with Crippen LogP contribution in [0.25, 0.3) is 10.9 Å². The van der Waals surface area contributed by atoms with Crippen molar-refractivity contribution in [2.45, 2.75) is 45.6 Å². The lowest BCUT2D eigenvalue weighted by atomic mass is 10.0. The van der Waals surface area contributed by atoms with Crippen molar-refractivity contribution in [1.29, 1.82) is 0 Å². The molecule has 0 saturated heterocycles. The second kappa shape index (κ2) is 9.16. The number of rotatable bonds is 5. The van der Waals surface area contributed by atoms with Gasteiger partial charge in [0.2, 0.25) is 0 Å². The Labute approximate surface area is 206 Å². The molecule has 37 heavy (non-hydrogen) atoms. The van der Waals surface area contributed by atoms with Gasteiger partial charge in [-0.05, 0) is 19.9 Å². The number of aromatic nitrogens is 6. The normalized spacial score (nSPS) is 14.8. The number of pyridine rings is 1. The predicted octanol–water partition coefficient (Wildman–Crippen LogP) is 5.21. The van der Waals surface area contributed by atoms with E-state index in [-0.39, 0.29) is 24.5 Å². The van der Waals surface area contributed by atoms with E-state index < -0.39 is 35.8 Å². The summed E-state index contributed by atoms with van der Waals surface area (Å²) in [6.07, 6.45) is -6.09. The summed E-state index contributed by atoms with van der Waals surface area (Å²) in [7, 11) is 0. The highest BCUT2D eigenvalue weighted by Crippen LogP contribution is 2.32. The molecule has 194 valence electrons. The van der Waals surface area contributed by atoms with Crippen LogP contribution in [0.1, 0.15) is 48.0 Å². The molecule has 1 unspecified atom stereocenters. The number of benzene rings is 1. The highest BCUT2D eigenvalue weighted by molar-refractivity contribution is 5.90. The summed E-state index contributed by atoms with van der Waals surface area (Å²) < 4.78 is 81.3. The van der Waals surface area contributed by atoms with Crippen LogP contribution in [0.2, 0.25) is 0 Å². The number of nitrogens with zero attached hydrogens (tertiary/aromatic N) is 7. The average molecular weight is 522 g/mol. The molecule has 14 heteroatoms. The molecule has 5 rings (SSSR count). The van der Waals surface area contributed by atoms with Crippen LogP contribution in [-0.2, 0) is 19.3 Å². The van der Waals surface area contributed by atoms with E-state index in [1.807, 2.05) is 0 Å². The van der Waals surface area contributed by atoms with E-state index in [0.717, 1.165) is 6.07 Å². The van der Waals surface area contributed by atoms with Gasteiger partial charge in [0.25, 0.3) is 12.2 Å². The van der Waals surface area contributed by atoms with Crippen molar-refractivity contribution in [2.75, 3.05) is 16.8 Å². The van der Waals surface area contributed by atoms with Crippen molar-refractivity contribution in [1.82, 2.24) is 29.7 Å². The van der Waals surface area contributed by atoms with Gasteiger partial charge in [0.1, 0.15) is 29.1 Å². The number of aryl methyl sites for hydroxylation is 1. The number of anilines is 2. The fourth-order valence-corrected chi connectivity index (χ4v) is 4.23. The van der Waals surface area contributed by atoms with Crippen LogP contribution >= 0.6 is 0 Å². The largest absolute Gasteiger partial charge is 0.453 e. The number of alkyl halides is 5. The predicted molar refractivity (Wildman–Crippen MR) is 122 cm³/mol. The number of hydrogen-bond donors (Lipinski definition) is 1. The van der Waals surface area contributed by atoms with Crippen molar-refractivity contribution in [2.24, 2.45) is 0 Å². The van der Waals surface area contributed by atoms with Crippen LogP contribution in [0.15, 0.2) is 30.5 Å². The third-order valence-corrected chi connectivity index (χ3v) is 6.03. The van der Waals surface area contributed by atoms with Gasteiger partial charge in [0.15, 0.2) is 0 Å². The van der Waals surface area contributed by atoms with Crippen molar-refractivity contribution < 1.29 is 26.3 Å². The molecule has 4 heterocycles. The molecule has 8 nitrogen and oxygen atoms in total. The summed E-state index contributed by atoms with van der Waals surface area (Å²) in [5.41, 5.74) is -0.160. The zero-order valence-corrected chi connectivity index (χ0v) is 19.6. The van der Waals surface area contributed by atoms with Crippen LogP contribution in [0.5, 0.6) is 0 Å². The molecule has 0 saturated carbocycles. The molecule has 1 aromatic carbocycles. The molecule has 3 aromatic heterocycles. The summed E-state index contributed by atoms with van der Waals surface area (Å²) in [5.74, 6) is -0.843. The Morgan fingerprint density at radius 2 is 1.81 bits per heavy atom. The lowest BCUT2D eigenvalue weighted by molar-refractivity contribution is -0.145. The van der Waals surface area contributed by atoms with Gasteiger partial charge < -0.3 is 10.2 Å². The molecule has 1 aliphatic heterocycles. The molecular weight excluding hydrogens is 502 g/mol. The fraction of sp³-hybridized carbons (Fsp3) is 0.348. The third-order valence-electron chi connectivity index (χ3n) is 6.03. The third kappa shape index (κ3) is 4.74. The Balaban J connectivity index is 1.46. The molecule has 4 aromatic rings. The molecule has 1 atom stereocenters. The minimum Gasteiger partial charge on any atom is -0.363 e. The van der Waals surface area contributed by atoms with E-state index in [9.17, 15) is 26.3 Å². The zero-order chi connectivity index (χ0) is 26.5. The fourth-order valence-electron chi connectivity index (χ4n) is 4.23. The Kier molecular flexibility index (Phi) is 6.12. The molecule has 0 fully saturated rings. The molecule has 0 amide bonds. The number of fused-ring (bicyclic) bond motifs is 2. The SMILES string of the molecule is Cc1nc(NC(C)c2cccc(C(F)F)c2F)c2cc(N3CCn4nc(C(F)(F)F)nc4C3)ncc2n1. The van der Waals surface area contributed by atoms with Gasteiger partial charge >= 0.3 is 6.18 Å². The van der Waals surface area contributed by atoms with Crippen molar-refractivity contribution in [3.63, 3.8) is 0 Å². The van der Waals surface area contributed by atoms with Crippen LogP contribution in [0.4, 0.5) is 38.0 Å². The van der Waals surface area contributed by atoms with Crippen LogP contribution in [0.3, 0.4) is 0 Å². The minimum absolute atomic E-state index is 0.0485. The maximum absolute atomic E-state index is 14.7. The van der Waals surface area contributed by atoms with Crippen molar-refractivity contribution >= 4 is 22.5 Å². The smallest absolute Gasteiger partial charge is 0.363 e. The Hall–Kier alpha value is -3.97. The first-order valence-corrected chi connectivity index (χ1v) is 11.2. The minimum atomic E-state index is -4.64. The standard InChI is InChI=1S/C23H20F6N8/c1-11(13-4-3-5-14(19(13)24)20(25)26)31-21-15-8-17(30-9-16(15)32-12(2)33-21)36-6-7-37-18(10-36)34-22(35-37)23(27,28)29/h3-5,8-9,11,20H,6-7,10H2,1-2H3,(H,31,32,33). The maximum atomic E-state index is 14.7. The number of nitrogens with one attached hydrogen (secondary N) is 1. The Bertz CT molecular complexity index is 1470. The lowest BCUT2D eigenvalue weighted by Crippen LogP contribution is -2.34. The lowest BCUT2D eigenvalue weighted by Gasteiger charge is -2.28. The van der Waals surface area contributed by atoms with Crippen LogP contribution in [0, 0.1) is 12.7 Å². The van der Waals surface area contributed by atoms with E-state index >= 15 is 0 Å². The van der Waals surface area contributed by atoms with Crippen molar-refractivity contribution in [3.8, 4) is 0 Å². The first kappa shape index (κ1) is 24.7. The summed E-state index contributed by atoms with van der Waals surface area (Å²) in [5, 5.41) is 7.14. The summed E-state index contributed by atoms with van der Waals surface area (Å²) in [6, 6.07) is 4.77. The molecule has 0 bridgehead atoms. The number of halogens is 6. The second-order valence-electron chi connectivity index (χ2n) is 8.59. The topological polar surface area (TPSA) is 84.7 Å². The molecular formula is C23H20F6N8. The van der Waals surface area contributed by atoms with Gasteiger partial charge in [-0.15, -0.1) is 5.10 Å². The summed E-state index contributed by atoms with van der Waals surface area (Å²) >= 11 is 0. The molecule has 1 N–H and O–H groups in total.